The number of esters is 2. The van der Waals surface area contributed by atoms with Crippen LogP contribution < -0.4 is 4.74 Å². The van der Waals surface area contributed by atoms with Crippen LogP contribution in [0.1, 0.15) is 18.4 Å². The summed E-state index contributed by atoms with van der Waals surface area (Å²) in [5.41, 5.74) is -0.0857. The van der Waals surface area contributed by atoms with Crippen molar-refractivity contribution in [2.45, 2.75) is 18.3 Å². The van der Waals surface area contributed by atoms with Gasteiger partial charge in [0, 0.05) is 0 Å². The van der Waals surface area contributed by atoms with Crippen LogP contribution in [0.25, 0.3) is 0 Å². The van der Waals surface area contributed by atoms with E-state index in [-0.39, 0.29) is 0 Å². The lowest BCUT2D eigenvalue weighted by Gasteiger charge is -2.31. The van der Waals surface area contributed by atoms with Crippen LogP contribution in [0.5, 0.6) is 5.75 Å². The summed E-state index contributed by atoms with van der Waals surface area (Å²) < 4.78 is 10.1. The average molecular weight is 258 g/mol. The molecule has 1 heterocycles. The van der Waals surface area contributed by atoms with E-state index in [9.17, 15) is 9.59 Å². The molecule has 0 bridgehead atoms. The van der Waals surface area contributed by atoms with Crippen molar-refractivity contribution in [1.29, 1.82) is 0 Å². The molecule has 4 nitrogen and oxygen atoms in total. The molecule has 1 aliphatic heterocycles. The van der Waals surface area contributed by atoms with Crippen LogP contribution in [0, 0.1) is 5.92 Å². The first kappa shape index (κ1) is 12.0. The number of carbonyl (C=O) groups is 2. The molecule has 2 atom stereocenters. The molecule has 1 aliphatic carbocycles. The fraction of sp³-hybridized carbons (Fsp3) is 0.333. The van der Waals surface area contributed by atoms with Crippen LogP contribution in [0.4, 0.5) is 0 Å². The lowest BCUT2D eigenvalue weighted by molar-refractivity contribution is -0.154. The zero-order valence-corrected chi connectivity index (χ0v) is 10.6. The highest BCUT2D eigenvalue weighted by molar-refractivity contribution is 6.03. The summed E-state index contributed by atoms with van der Waals surface area (Å²) >= 11 is 0. The molecule has 1 saturated heterocycles. The van der Waals surface area contributed by atoms with Crippen LogP contribution in [0.15, 0.2) is 36.4 Å². The number of rotatable bonds is 2. The summed E-state index contributed by atoms with van der Waals surface area (Å²) in [5, 5.41) is 0. The Balaban J connectivity index is 2.15. The van der Waals surface area contributed by atoms with E-state index in [2.05, 4.69) is 0 Å². The van der Waals surface area contributed by atoms with E-state index in [1.54, 1.807) is 7.11 Å². The third kappa shape index (κ3) is 1.59. The van der Waals surface area contributed by atoms with Gasteiger partial charge in [0.1, 0.15) is 11.2 Å². The van der Waals surface area contributed by atoms with Gasteiger partial charge in [-0.2, -0.15) is 0 Å². The van der Waals surface area contributed by atoms with E-state index in [0.717, 1.165) is 5.56 Å². The van der Waals surface area contributed by atoms with E-state index in [0.29, 0.717) is 18.6 Å². The van der Waals surface area contributed by atoms with E-state index in [1.807, 2.05) is 36.4 Å². The summed E-state index contributed by atoms with van der Waals surface area (Å²) in [4.78, 5) is 24.1. The number of benzene rings is 1. The Morgan fingerprint density at radius 1 is 1.32 bits per heavy atom. The fourth-order valence-corrected chi connectivity index (χ4v) is 2.96. The van der Waals surface area contributed by atoms with Crippen LogP contribution in [-0.2, 0) is 19.7 Å². The third-order valence-corrected chi connectivity index (χ3v) is 4.00. The maximum atomic E-state index is 12.2. The van der Waals surface area contributed by atoms with E-state index < -0.39 is 23.3 Å². The van der Waals surface area contributed by atoms with Crippen molar-refractivity contribution in [2.24, 2.45) is 5.92 Å². The van der Waals surface area contributed by atoms with Crippen molar-refractivity contribution < 1.29 is 19.1 Å². The topological polar surface area (TPSA) is 52.6 Å². The van der Waals surface area contributed by atoms with Crippen LogP contribution in [0.2, 0.25) is 0 Å². The van der Waals surface area contributed by atoms with Crippen molar-refractivity contribution in [1.82, 2.24) is 0 Å². The maximum absolute atomic E-state index is 12.2. The monoisotopic (exact) mass is 258 g/mol. The van der Waals surface area contributed by atoms with Gasteiger partial charge in [-0.1, -0.05) is 24.3 Å². The highest BCUT2D eigenvalue weighted by atomic mass is 16.6. The summed E-state index contributed by atoms with van der Waals surface area (Å²) in [7, 11) is 1.58. The molecule has 4 heteroatoms. The van der Waals surface area contributed by atoms with E-state index in [4.69, 9.17) is 9.47 Å². The first-order valence-electron chi connectivity index (χ1n) is 6.24. The molecule has 0 spiro atoms. The smallest absolute Gasteiger partial charge is 0.325 e. The average Bonchev–Trinajstić information content (AvgIpc) is 2.72. The van der Waals surface area contributed by atoms with Gasteiger partial charge in [0.2, 0.25) is 0 Å². The van der Waals surface area contributed by atoms with Crippen molar-refractivity contribution in [3.63, 3.8) is 0 Å². The minimum Gasteiger partial charge on any atom is -0.497 e. The van der Waals surface area contributed by atoms with Crippen molar-refractivity contribution in [3.05, 3.63) is 42.0 Å². The van der Waals surface area contributed by atoms with Gasteiger partial charge in [-0.3, -0.25) is 9.59 Å². The molecular formula is C15H14O4. The third-order valence-electron chi connectivity index (χ3n) is 4.00. The molecule has 3 rings (SSSR count). The van der Waals surface area contributed by atoms with E-state index >= 15 is 0 Å². The molecule has 0 N–H and O–H groups in total. The minimum atomic E-state index is -0.875. The highest BCUT2D eigenvalue weighted by Crippen LogP contribution is 2.47. The molecule has 1 fully saturated rings. The molecule has 2 aliphatic rings. The van der Waals surface area contributed by atoms with Crippen LogP contribution in [-0.4, -0.2) is 19.0 Å². The Bertz CT molecular complexity index is 575. The normalized spacial score (nSPS) is 29.0. The van der Waals surface area contributed by atoms with Crippen molar-refractivity contribution in [2.75, 3.05) is 7.11 Å². The van der Waals surface area contributed by atoms with Gasteiger partial charge in [-0.25, -0.2) is 0 Å². The number of methoxy groups -OCH3 is 1. The zero-order chi connectivity index (χ0) is 13.5. The number of hydrogen-bond donors (Lipinski definition) is 0. The molecule has 98 valence electrons. The van der Waals surface area contributed by atoms with E-state index in [1.165, 1.54) is 0 Å². The predicted molar refractivity (Wildman–Crippen MR) is 67.6 cm³/mol. The molecule has 0 amide bonds. The first-order valence-corrected chi connectivity index (χ1v) is 6.24. The lowest BCUT2D eigenvalue weighted by Crippen LogP contribution is -2.39. The SMILES string of the molecule is COc1cccc([C@]23CC=CC[C@H]2C(=O)OC3=O)c1. The van der Waals surface area contributed by atoms with Crippen LogP contribution in [0.3, 0.4) is 0 Å². The second-order valence-electron chi connectivity index (χ2n) is 4.88. The quantitative estimate of drug-likeness (QED) is 0.462. The second kappa shape index (κ2) is 4.23. The molecule has 0 aromatic heterocycles. The maximum Gasteiger partial charge on any atom is 0.325 e. The predicted octanol–water partition coefficient (Wildman–Crippen LogP) is 1.98. The summed E-state index contributed by atoms with van der Waals surface area (Å²) in [5.74, 6) is -0.610. The Labute approximate surface area is 111 Å². The fourth-order valence-electron chi connectivity index (χ4n) is 2.96. The zero-order valence-electron chi connectivity index (χ0n) is 10.6. The largest absolute Gasteiger partial charge is 0.497 e. The van der Waals surface area contributed by atoms with Crippen molar-refractivity contribution >= 4 is 11.9 Å². The van der Waals surface area contributed by atoms with Gasteiger partial charge in [-0.15, -0.1) is 0 Å². The minimum absolute atomic E-state index is 0.419. The number of hydrogen-bond acceptors (Lipinski definition) is 4. The molecule has 0 saturated carbocycles. The highest BCUT2D eigenvalue weighted by Gasteiger charge is 2.58. The Morgan fingerprint density at radius 3 is 2.95 bits per heavy atom. The molecule has 1 aromatic rings. The molecule has 1 aromatic carbocycles. The standard InChI is InChI=1S/C15H14O4/c1-18-11-6-4-5-10(9-11)15-8-3-2-7-12(15)13(16)19-14(15)17/h2-6,9,12H,7-8H2,1H3/t12-,15+/m0/s1. The van der Waals surface area contributed by atoms with Gasteiger partial charge < -0.3 is 9.47 Å². The second-order valence-corrected chi connectivity index (χ2v) is 4.88. The summed E-state index contributed by atoms with van der Waals surface area (Å²) in [6.07, 6.45) is 4.91. The van der Waals surface area contributed by atoms with Gasteiger partial charge in [0.15, 0.2) is 0 Å². The van der Waals surface area contributed by atoms with Gasteiger partial charge in [0.25, 0.3) is 0 Å². The first-order chi connectivity index (χ1) is 9.18. The number of allylic oxidation sites excluding steroid dienone is 2. The van der Waals surface area contributed by atoms with Crippen molar-refractivity contribution in [3.8, 4) is 5.75 Å². The summed E-state index contributed by atoms with van der Waals surface area (Å²) in [6, 6.07) is 7.31. The number of carbonyl (C=O) groups excluding carboxylic acids is 2. The van der Waals surface area contributed by atoms with Crippen LogP contribution >= 0.6 is 0 Å². The number of fused-ring (bicyclic) bond motifs is 1. The molecular weight excluding hydrogens is 244 g/mol. The lowest BCUT2D eigenvalue weighted by atomic mass is 9.66. The Morgan fingerprint density at radius 2 is 2.16 bits per heavy atom. The Kier molecular flexibility index (Phi) is 2.66. The molecule has 19 heavy (non-hydrogen) atoms. The summed E-state index contributed by atoms with van der Waals surface area (Å²) in [6.45, 7) is 0. The number of ether oxygens (including phenoxy) is 2. The molecule has 0 unspecified atom stereocenters. The Hall–Kier alpha value is -2.10. The number of cyclic esters (lactones) is 2. The van der Waals surface area contributed by atoms with Gasteiger partial charge in [-0.05, 0) is 30.5 Å². The van der Waals surface area contributed by atoms with Gasteiger partial charge >= 0.3 is 11.9 Å². The van der Waals surface area contributed by atoms with Gasteiger partial charge in [0.05, 0.1) is 13.0 Å². The molecule has 0 radical (unpaired) electrons.